The van der Waals surface area contributed by atoms with Crippen molar-refractivity contribution < 1.29 is 4.79 Å². The number of carbonyl (C=O) groups excluding carboxylic acids is 1. The van der Waals surface area contributed by atoms with Gasteiger partial charge in [-0.15, -0.1) is 0 Å². The first kappa shape index (κ1) is 14.0. The number of nitrogen functional groups attached to an aromatic ring is 2. The van der Waals surface area contributed by atoms with Crippen LogP contribution in [-0.2, 0) is 0 Å². The van der Waals surface area contributed by atoms with E-state index in [2.05, 4.69) is 26.8 Å². The summed E-state index contributed by atoms with van der Waals surface area (Å²) in [6.07, 6.45) is 0. The molecule has 4 N–H and O–H groups in total. The molecule has 1 aliphatic heterocycles. The molecule has 0 saturated carbocycles. The van der Waals surface area contributed by atoms with Crippen LogP contribution in [-0.4, -0.2) is 65.3 Å². The summed E-state index contributed by atoms with van der Waals surface area (Å²) in [6, 6.07) is 0. The topological polar surface area (TPSA) is 101 Å². The van der Waals surface area contributed by atoms with E-state index >= 15 is 0 Å². The SMILES string of the molecule is CN1CCN(CC(=O)c2nc(Cl)c(N)nc2N)CC1. The number of carbonyl (C=O) groups is 1. The van der Waals surface area contributed by atoms with Crippen LogP contribution in [0.2, 0.25) is 5.15 Å². The number of halogens is 1. The quantitative estimate of drug-likeness (QED) is 0.736. The second-order valence-corrected chi connectivity index (χ2v) is 4.99. The molecule has 7 nitrogen and oxygen atoms in total. The molecule has 1 fully saturated rings. The van der Waals surface area contributed by atoms with Gasteiger partial charge in [0.15, 0.2) is 28.3 Å². The van der Waals surface area contributed by atoms with Crippen molar-refractivity contribution in [2.24, 2.45) is 0 Å². The molecule has 2 heterocycles. The molecular formula is C11H17ClN6O. The fraction of sp³-hybridized carbons (Fsp3) is 0.545. The molecule has 0 bridgehead atoms. The van der Waals surface area contributed by atoms with Gasteiger partial charge in [-0.2, -0.15) is 0 Å². The smallest absolute Gasteiger partial charge is 0.198 e. The lowest BCUT2D eigenvalue weighted by atomic mass is 10.2. The average molecular weight is 285 g/mol. The molecule has 1 saturated heterocycles. The van der Waals surface area contributed by atoms with Gasteiger partial charge in [0.2, 0.25) is 0 Å². The van der Waals surface area contributed by atoms with Gasteiger partial charge in [0.1, 0.15) is 0 Å². The summed E-state index contributed by atoms with van der Waals surface area (Å²) in [7, 11) is 2.06. The molecule has 0 unspecified atom stereocenters. The van der Waals surface area contributed by atoms with Gasteiger partial charge < -0.3 is 16.4 Å². The number of rotatable bonds is 3. The Morgan fingerprint density at radius 3 is 2.47 bits per heavy atom. The maximum atomic E-state index is 12.1. The predicted octanol–water partition coefficient (Wildman–Crippen LogP) is -0.275. The van der Waals surface area contributed by atoms with Crippen LogP contribution in [0.5, 0.6) is 0 Å². The highest BCUT2D eigenvalue weighted by molar-refractivity contribution is 6.31. The van der Waals surface area contributed by atoms with Gasteiger partial charge in [-0.1, -0.05) is 11.6 Å². The number of nitrogens with zero attached hydrogens (tertiary/aromatic N) is 4. The lowest BCUT2D eigenvalue weighted by Gasteiger charge is -2.31. The van der Waals surface area contributed by atoms with Gasteiger partial charge in [0.05, 0.1) is 6.54 Å². The van der Waals surface area contributed by atoms with Crippen molar-refractivity contribution in [3.05, 3.63) is 10.8 Å². The molecule has 0 aliphatic carbocycles. The third kappa shape index (κ3) is 3.31. The zero-order valence-corrected chi connectivity index (χ0v) is 11.5. The number of Topliss-reactive ketones (excluding diaryl/α,β-unsaturated/α-hetero) is 1. The highest BCUT2D eigenvalue weighted by Gasteiger charge is 2.21. The van der Waals surface area contributed by atoms with E-state index in [1.165, 1.54) is 0 Å². The van der Waals surface area contributed by atoms with Crippen LogP contribution >= 0.6 is 11.6 Å². The Balaban J connectivity index is 2.06. The molecule has 104 valence electrons. The highest BCUT2D eigenvalue weighted by Crippen LogP contribution is 2.18. The summed E-state index contributed by atoms with van der Waals surface area (Å²) in [5, 5.41) is 0.0101. The Hall–Kier alpha value is -1.44. The van der Waals surface area contributed by atoms with Crippen molar-refractivity contribution in [3.63, 3.8) is 0 Å². The summed E-state index contributed by atoms with van der Waals surface area (Å²) < 4.78 is 0. The third-order valence-corrected chi connectivity index (χ3v) is 3.41. The number of ketones is 1. The molecule has 19 heavy (non-hydrogen) atoms. The van der Waals surface area contributed by atoms with Crippen molar-refractivity contribution in [2.45, 2.75) is 0 Å². The van der Waals surface area contributed by atoms with E-state index in [4.69, 9.17) is 23.1 Å². The van der Waals surface area contributed by atoms with Gasteiger partial charge in [0, 0.05) is 26.2 Å². The molecule has 1 aromatic heterocycles. The normalized spacial score (nSPS) is 17.6. The van der Waals surface area contributed by atoms with E-state index in [0.717, 1.165) is 26.2 Å². The summed E-state index contributed by atoms with van der Waals surface area (Å²) in [5.41, 5.74) is 11.2. The molecule has 0 amide bonds. The van der Waals surface area contributed by atoms with E-state index < -0.39 is 0 Å². The van der Waals surface area contributed by atoms with Crippen LogP contribution < -0.4 is 11.5 Å². The molecular weight excluding hydrogens is 268 g/mol. The summed E-state index contributed by atoms with van der Waals surface area (Å²) in [6.45, 7) is 3.84. The minimum Gasteiger partial charge on any atom is -0.382 e. The van der Waals surface area contributed by atoms with Crippen LogP contribution in [0.1, 0.15) is 10.5 Å². The summed E-state index contributed by atoms with van der Waals surface area (Å²) in [4.78, 5) is 24.2. The highest BCUT2D eigenvalue weighted by atomic mass is 35.5. The van der Waals surface area contributed by atoms with Crippen LogP contribution in [0.15, 0.2) is 0 Å². The third-order valence-electron chi connectivity index (χ3n) is 3.13. The van der Waals surface area contributed by atoms with Crippen LogP contribution in [0.3, 0.4) is 0 Å². The van der Waals surface area contributed by atoms with Crippen LogP contribution in [0.25, 0.3) is 0 Å². The number of hydrogen-bond donors (Lipinski definition) is 2. The molecule has 1 aromatic rings. The number of piperazine rings is 1. The Morgan fingerprint density at radius 2 is 1.84 bits per heavy atom. The molecule has 0 spiro atoms. The molecule has 1 aliphatic rings. The van der Waals surface area contributed by atoms with Crippen molar-refractivity contribution in [2.75, 3.05) is 51.2 Å². The second kappa shape index (κ2) is 5.68. The first-order valence-electron chi connectivity index (χ1n) is 6.00. The molecule has 2 rings (SSSR count). The van der Waals surface area contributed by atoms with Crippen LogP contribution in [0.4, 0.5) is 11.6 Å². The standard InChI is InChI=1S/C11H17ClN6O/c1-17-2-4-18(5-3-17)6-7(19)8-10(13)16-11(14)9(12)15-8/h2-6H2,1H3,(H4,13,14,16). The minimum atomic E-state index is -0.184. The van der Waals surface area contributed by atoms with Gasteiger partial charge in [0.25, 0.3) is 0 Å². The summed E-state index contributed by atoms with van der Waals surface area (Å²) >= 11 is 5.77. The molecule has 0 radical (unpaired) electrons. The first-order valence-corrected chi connectivity index (χ1v) is 6.37. The zero-order chi connectivity index (χ0) is 14.0. The fourth-order valence-electron chi connectivity index (χ4n) is 1.93. The monoisotopic (exact) mass is 284 g/mol. The number of anilines is 2. The lowest BCUT2D eigenvalue weighted by molar-refractivity contribution is 0.0872. The van der Waals surface area contributed by atoms with Crippen molar-refractivity contribution >= 4 is 29.0 Å². The van der Waals surface area contributed by atoms with Gasteiger partial charge in [-0.25, -0.2) is 9.97 Å². The maximum absolute atomic E-state index is 12.1. The molecule has 0 atom stereocenters. The van der Waals surface area contributed by atoms with E-state index in [9.17, 15) is 4.79 Å². The number of aromatic nitrogens is 2. The average Bonchev–Trinajstić information content (AvgIpc) is 2.36. The summed E-state index contributed by atoms with van der Waals surface area (Å²) in [5.74, 6) is -0.118. The zero-order valence-electron chi connectivity index (χ0n) is 10.8. The van der Waals surface area contributed by atoms with Crippen LogP contribution in [0, 0.1) is 0 Å². The van der Waals surface area contributed by atoms with E-state index in [1.807, 2.05) is 0 Å². The van der Waals surface area contributed by atoms with E-state index in [-0.39, 0.29) is 34.8 Å². The Labute approximate surface area is 116 Å². The Morgan fingerprint density at radius 1 is 1.21 bits per heavy atom. The predicted molar refractivity (Wildman–Crippen MR) is 74.1 cm³/mol. The van der Waals surface area contributed by atoms with Gasteiger partial charge >= 0.3 is 0 Å². The van der Waals surface area contributed by atoms with Crippen molar-refractivity contribution in [1.29, 1.82) is 0 Å². The Bertz CT molecular complexity index is 486. The lowest BCUT2D eigenvalue weighted by Crippen LogP contribution is -2.46. The molecule has 8 heteroatoms. The fourth-order valence-corrected chi connectivity index (χ4v) is 2.06. The number of nitrogens with two attached hydrogens (primary N) is 2. The Kier molecular flexibility index (Phi) is 4.18. The van der Waals surface area contributed by atoms with Gasteiger partial charge in [-0.3, -0.25) is 9.69 Å². The maximum Gasteiger partial charge on any atom is 0.198 e. The first-order chi connectivity index (χ1) is 8.97. The number of hydrogen-bond acceptors (Lipinski definition) is 7. The van der Waals surface area contributed by atoms with Crippen molar-refractivity contribution in [3.8, 4) is 0 Å². The van der Waals surface area contributed by atoms with Gasteiger partial charge in [-0.05, 0) is 7.05 Å². The second-order valence-electron chi connectivity index (χ2n) is 4.64. The minimum absolute atomic E-state index is 0.0101. The molecule has 0 aromatic carbocycles. The van der Waals surface area contributed by atoms with E-state index in [1.54, 1.807) is 0 Å². The van der Waals surface area contributed by atoms with E-state index in [0.29, 0.717) is 0 Å². The number of likely N-dealkylation sites (N-methyl/N-ethyl adjacent to an activating group) is 1. The largest absolute Gasteiger partial charge is 0.382 e. The van der Waals surface area contributed by atoms with Crippen molar-refractivity contribution in [1.82, 2.24) is 19.8 Å².